The Bertz CT molecular complexity index is 355. The second-order valence-corrected chi connectivity index (χ2v) is 3.22. The molecule has 0 spiro atoms. The molecule has 5 nitrogen and oxygen atoms in total. The van der Waals surface area contributed by atoms with E-state index in [4.69, 9.17) is 20.9 Å². The average molecular weight is 224 g/mol. The highest BCUT2D eigenvalue weighted by Gasteiger charge is 2.18. The van der Waals surface area contributed by atoms with Crippen molar-refractivity contribution >= 4 is 5.91 Å². The summed E-state index contributed by atoms with van der Waals surface area (Å²) in [5.41, 5.74) is 11.2. The van der Waals surface area contributed by atoms with E-state index in [9.17, 15) is 4.79 Å². The molecule has 0 saturated heterocycles. The third-order valence-electron chi connectivity index (χ3n) is 2.06. The summed E-state index contributed by atoms with van der Waals surface area (Å²) in [6, 6.07) is 7.03. The fourth-order valence-electron chi connectivity index (χ4n) is 1.33. The maximum Gasteiger partial charge on any atom is 0.251 e. The Hall–Kier alpha value is -1.59. The molecule has 1 atom stereocenters. The molecule has 0 bridgehead atoms. The van der Waals surface area contributed by atoms with Crippen LogP contribution in [0.15, 0.2) is 24.3 Å². The Morgan fingerprint density at radius 2 is 2.25 bits per heavy atom. The van der Waals surface area contributed by atoms with Crippen LogP contribution in [0.1, 0.15) is 11.7 Å². The lowest BCUT2D eigenvalue weighted by Gasteiger charge is -2.15. The monoisotopic (exact) mass is 224 g/mol. The minimum absolute atomic E-state index is 0.283. The highest BCUT2D eigenvalue weighted by Crippen LogP contribution is 2.21. The lowest BCUT2D eigenvalue weighted by molar-refractivity contribution is -0.129. The Balaban J connectivity index is 2.87. The van der Waals surface area contributed by atoms with Crippen LogP contribution in [-0.2, 0) is 9.53 Å². The van der Waals surface area contributed by atoms with Crippen LogP contribution in [0.3, 0.4) is 0 Å². The molecule has 0 aliphatic heterocycles. The van der Waals surface area contributed by atoms with Crippen LogP contribution >= 0.6 is 0 Å². The zero-order valence-corrected chi connectivity index (χ0v) is 9.18. The Kier molecular flexibility index (Phi) is 4.75. The molecule has 4 N–H and O–H groups in total. The number of carbonyl (C=O) groups excluding carboxylic acids is 1. The van der Waals surface area contributed by atoms with Crippen LogP contribution in [0.25, 0.3) is 0 Å². The average Bonchev–Trinajstić information content (AvgIpc) is 2.29. The van der Waals surface area contributed by atoms with Gasteiger partial charge >= 0.3 is 0 Å². The fourth-order valence-corrected chi connectivity index (χ4v) is 1.33. The van der Waals surface area contributed by atoms with Crippen molar-refractivity contribution in [1.29, 1.82) is 0 Å². The molecule has 0 fully saturated rings. The van der Waals surface area contributed by atoms with E-state index >= 15 is 0 Å². The molecule has 0 saturated carbocycles. The zero-order valence-electron chi connectivity index (χ0n) is 9.18. The van der Waals surface area contributed by atoms with E-state index in [2.05, 4.69) is 0 Å². The largest absolute Gasteiger partial charge is 0.497 e. The van der Waals surface area contributed by atoms with Gasteiger partial charge in [-0.1, -0.05) is 12.1 Å². The van der Waals surface area contributed by atoms with E-state index in [0.29, 0.717) is 17.9 Å². The number of hydrogen-bond acceptors (Lipinski definition) is 4. The van der Waals surface area contributed by atoms with E-state index in [-0.39, 0.29) is 6.61 Å². The van der Waals surface area contributed by atoms with Crippen molar-refractivity contribution in [2.24, 2.45) is 11.5 Å². The molecule has 0 heterocycles. The maximum absolute atomic E-state index is 11.2. The zero-order chi connectivity index (χ0) is 12.0. The Labute approximate surface area is 94.3 Å². The van der Waals surface area contributed by atoms with Crippen LogP contribution in [0.5, 0.6) is 5.75 Å². The molecule has 1 amide bonds. The number of hydrogen-bond donors (Lipinski definition) is 2. The number of ether oxygens (including phenoxy) is 2. The van der Waals surface area contributed by atoms with Gasteiger partial charge in [0.05, 0.1) is 13.7 Å². The normalized spacial score (nSPS) is 12.1. The second kappa shape index (κ2) is 6.09. The van der Waals surface area contributed by atoms with E-state index in [0.717, 1.165) is 0 Å². The van der Waals surface area contributed by atoms with E-state index < -0.39 is 12.0 Å². The van der Waals surface area contributed by atoms with Gasteiger partial charge in [-0.2, -0.15) is 0 Å². The smallest absolute Gasteiger partial charge is 0.251 e. The summed E-state index contributed by atoms with van der Waals surface area (Å²) in [7, 11) is 1.55. The summed E-state index contributed by atoms with van der Waals surface area (Å²) in [6.07, 6.45) is -0.779. The van der Waals surface area contributed by atoms with Crippen LogP contribution in [0, 0.1) is 0 Å². The first-order chi connectivity index (χ1) is 7.69. The van der Waals surface area contributed by atoms with Crippen molar-refractivity contribution in [2.75, 3.05) is 20.3 Å². The molecule has 0 aliphatic rings. The molecule has 88 valence electrons. The third-order valence-corrected chi connectivity index (χ3v) is 2.06. The van der Waals surface area contributed by atoms with Gasteiger partial charge in [0.15, 0.2) is 6.10 Å². The van der Waals surface area contributed by atoms with Gasteiger partial charge in [-0.15, -0.1) is 0 Å². The van der Waals surface area contributed by atoms with Gasteiger partial charge in [-0.3, -0.25) is 4.79 Å². The first-order valence-corrected chi connectivity index (χ1v) is 4.94. The van der Waals surface area contributed by atoms with Crippen molar-refractivity contribution < 1.29 is 14.3 Å². The van der Waals surface area contributed by atoms with Crippen molar-refractivity contribution in [2.45, 2.75) is 6.10 Å². The molecule has 0 aromatic heterocycles. The van der Waals surface area contributed by atoms with E-state index in [1.165, 1.54) is 0 Å². The number of methoxy groups -OCH3 is 1. The van der Waals surface area contributed by atoms with Gasteiger partial charge in [0.1, 0.15) is 5.75 Å². The molecule has 1 rings (SSSR count). The van der Waals surface area contributed by atoms with Crippen molar-refractivity contribution in [3.63, 3.8) is 0 Å². The summed E-state index contributed by atoms with van der Waals surface area (Å²) >= 11 is 0. The van der Waals surface area contributed by atoms with Gasteiger partial charge in [0.2, 0.25) is 0 Å². The summed E-state index contributed by atoms with van der Waals surface area (Å²) in [5.74, 6) is 0.113. The molecule has 5 heteroatoms. The standard InChI is InChI=1S/C11H16N2O3/c1-15-9-4-2-3-8(7-9)10(11(13)14)16-6-5-12/h2-4,7,10H,5-6,12H2,1H3,(H2,13,14). The summed E-state index contributed by atoms with van der Waals surface area (Å²) in [5, 5.41) is 0. The number of amides is 1. The van der Waals surface area contributed by atoms with Gasteiger partial charge in [-0.25, -0.2) is 0 Å². The number of benzene rings is 1. The summed E-state index contributed by atoms with van der Waals surface area (Å²) in [6.45, 7) is 0.624. The first kappa shape index (κ1) is 12.5. The quantitative estimate of drug-likeness (QED) is 0.722. The van der Waals surface area contributed by atoms with Gasteiger partial charge in [-0.05, 0) is 17.7 Å². The molecular formula is C11H16N2O3. The minimum atomic E-state index is -0.779. The van der Waals surface area contributed by atoms with Crippen molar-refractivity contribution in [3.8, 4) is 5.75 Å². The molecule has 1 aromatic rings. The lowest BCUT2D eigenvalue weighted by Crippen LogP contribution is -2.25. The second-order valence-electron chi connectivity index (χ2n) is 3.22. The SMILES string of the molecule is COc1cccc(C(OCCN)C(N)=O)c1. The minimum Gasteiger partial charge on any atom is -0.497 e. The number of rotatable bonds is 6. The predicted molar refractivity (Wildman–Crippen MR) is 59.9 cm³/mol. The number of nitrogens with two attached hydrogens (primary N) is 2. The highest BCUT2D eigenvalue weighted by atomic mass is 16.5. The summed E-state index contributed by atoms with van der Waals surface area (Å²) < 4.78 is 10.3. The first-order valence-electron chi connectivity index (χ1n) is 4.94. The molecule has 1 unspecified atom stereocenters. The number of primary amides is 1. The topological polar surface area (TPSA) is 87.6 Å². The van der Waals surface area contributed by atoms with E-state index in [1.54, 1.807) is 31.4 Å². The number of carbonyl (C=O) groups is 1. The van der Waals surface area contributed by atoms with Crippen molar-refractivity contribution in [1.82, 2.24) is 0 Å². The summed E-state index contributed by atoms with van der Waals surface area (Å²) in [4.78, 5) is 11.2. The predicted octanol–water partition coefficient (Wildman–Crippen LogP) is 0.197. The van der Waals surface area contributed by atoms with Crippen molar-refractivity contribution in [3.05, 3.63) is 29.8 Å². The van der Waals surface area contributed by atoms with E-state index in [1.807, 2.05) is 0 Å². The Morgan fingerprint density at radius 1 is 1.50 bits per heavy atom. The van der Waals surface area contributed by atoms with Gasteiger partial charge in [0.25, 0.3) is 5.91 Å². The molecule has 0 aliphatic carbocycles. The molecule has 0 radical (unpaired) electrons. The van der Waals surface area contributed by atoms with Crippen LogP contribution in [0.2, 0.25) is 0 Å². The molecular weight excluding hydrogens is 208 g/mol. The van der Waals surface area contributed by atoms with Crippen LogP contribution < -0.4 is 16.2 Å². The third kappa shape index (κ3) is 3.22. The Morgan fingerprint density at radius 3 is 2.81 bits per heavy atom. The van der Waals surface area contributed by atoms with Gasteiger partial charge < -0.3 is 20.9 Å². The highest BCUT2D eigenvalue weighted by molar-refractivity contribution is 5.80. The fraction of sp³-hybridized carbons (Fsp3) is 0.364. The molecule has 16 heavy (non-hydrogen) atoms. The van der Waals surface area contributed by atoms with Crippen LogP contribution in [-0.4, -0.2) is 26.2 Å². The van der Waals surface area contributed by atoms with Crippen LogP contribution in [0.4, 0.5) is 0 Å². The molecule has 1 aromatic carbocycles. The van der Waals surface area contributed by atoms with Gasteiger partial charge in [0, 0.05) is 6.54 Å². The lowest BCUT2D eigenvalue weighted by atomic mass is 10.1. The maximum atomic E-state index is 11.2.